The van der Waals surface area contributed by atoms with Gasteiger partial charge in [0.05, 0.1) is 12.7 Å². The summed E-state index contributed by atoms with van der Waals surface area (Å²) in [5, 5.41) is 13.4. The van der Waals surface area contributed by atoms with Gasteiger partial charge in [-0.2, -0.15) is 10.4 Å². The molecule has 20 heavy (non-hydrogen) atoms. The fourth-order valence-electron chi connectivity index (χ4n) is 2.25. The molecule has 0 N–H and O–H groups in total. The van der Waals surface area contributed by atoms with Crippen molar-refractivity contribution in [2.45, 2.75) is 13.8 Å². The van der Waals surface area contributed by atoms with Gasteiger partial charge in [-0.1, -0.05) is 0 Å². The Morgan fingerprint density at radius 3 is 2.35 bits per heavy atom. The lowest BCUT2D eigenvalue weighted by Gasteiger charge is -2.12. The van der Waals surface area contributed by atoms with Gasteiger partial charge in [-0.05, 0) is 37.1 Å². The van der Waals surface area contributed by atoms with Crippen molar-refractivity contribution in [2.75, 3.05) is 7.11 Å². The fraction of sp³-hybridized carbons (Fsp3) is 0.267. The van der Waals surface area contributed by atoms with Crippen LogP contribution >= 0.6 is 0 Å². The average molecular weight is 269 g/mol. The van der Waals surface area contributed by atoms with Crippen LogP contribution in [0.25, 0.3) is 11.3 Å². The first-order valence-electron chi connectivity index (χ1n) is 6.12. The van der Waals surface area contributed by atoms with Crippen molar-refractivity contribution >= 4 is 0 Å². The second kappa shape index (κ2) is 5.17. The summed E-state index contributed by atoms with van der Waals surface area (Å²) in [5.41, 5.74) is 3.20. The van der Waals surface area contributed by atoms with Crippen LogP contribution in [0, 0.1) is 25.2 Å². The number of benzene rings is 1. The van der Waals surface area contributed by atoms with Crippen molar-refractivity contribution in [1.82, 2.24) is 9.78 Å². The molecule has 2 rings (SSSR count). The zero-order valence-corrected chi connectivity index (χ0v) is 11.9. The third kappa shape index (κ3) is 2.28. The van der Waals surface area contributed by atoms with Gasteiger partial charge in [0.25, 0.3) is 5.56 Å². The standard InChI is InChI=1S/C15H15N3O2/c1-9-5-11(6-10(2)15(9)20-4)14-12(8-16)7-13(19)18(3)17-14/h5-7H,1-4H3. The molecule has 0 atom stereocenters. The Kier molecular flexibility index (Phi) is 3.57. The van der Waals surface area contributed by atoms with Crippen LogP contribution in [-0.4, -0.2) is 16.9 Å². The van der Waals surface area contributed by atoms with Crippen LogP contribution in [0.1, 0.15) is 16.7 Å². The molecule has 0 bridgehead atoms. The van der Waals surface area contributed by atoms with E-state index in [2.05, 4.69) is 5.10 Å². The molecule has 1 aromatic carbocycles. The molecule has 5 nitrogen and oxygen atoms in total. The maximum Gasteiger partial charge on any atom is 0.267 e. The van der Waals surface area contributed by atoms with Gasteiger partial charge in [0, 0.05) is 18.7 Å². The van der Waals surface area contributed by atoms with Gasteiger partial charge < -0.3 is 4.74 Å². The van der Waals surface area contributed by atoms with Crippen molar-refractivity contribution in [3.63, 3.8) is 0 Å². The van der Waals surface area contributed by atoms with Gasteiger partial charge in [-0.15, -0.1) is 0 Å². The van der Waals surface area contributed by atoms with Crippen LogP contribution in [0.5, 0.6) is 5.75 Å². The summed E-state index contributed by atoms with van der Waals surface area (Å²) < 4.78 is 6.55. The van der Waals surface area contributed by atoms with E-state index in [9.17, 15) is 10.1 Å². The molecule has 0 spiro atoms. The number of hydrogen-bond acceptors (Lipinski definition) is 4. The first kappa shape index (κ1) is 13.8. The van der Waals surface area contributed by atoms with Crippen LogP contribution in [0.2, 0.25) is 0 Å². The third-order valence-corrected chi connectivity index (χ3v) is 3.15. The Balaban J connectivity index is 2.72. The molecular weight excluding hydrogens is 254 g/mol. The van der Waals surface area contributed by atoms with E-state index in [0.29, 0.717) is 5.69 Å². The summed E-state index contributed by atoms with van der Waals surface area (Å²) in [6, 6.07) is 7.13. The summed E-state index contributed by atoms with van der Waals surface area (Å²) in [5.74, 6) is 0.817. The van der Waals surface area contributed by atoms with Gasteiger partial charge in [-0.3, -0.25) is 4.79 Å². The highest BCUT2D eigenvalue weighted by Crippen LogP contribution is 2.29. The van der Waals surface area contributed by atoms with Crippen LogP contribution in [0.4, 0.5) is 0 Å². The second-order valence-corrected chi connectivity index (χ2v) is 4.62. The molecule has 5 heteroatoms. The van der Waals surface area contributed by atoms with Crippen LogP contribution in [0.3, 0.4) is 0 Å². The molecule has 2 aromatic rings. The zero-order valence-electron chi connectivity index (χ0n) is 11.9. The molecule has 0 fully saturated rings. The summed E-state index contributed by atoms with van der Waals surface area (Å²) in [6.45, 7) is 3.87. The summed E-state index contributed by atoms with van der Waals surface area (Å²) >= 11 is 0. The van der Waals surface area contributed by atoms with Crippen molar-refractivity contribution in [3.8, 4) is 23.1 Å². The molecule has 102 valence electrons. The number of aryl methyl sites for hydroxylation is 3. The van der Waals surface area contributed by atoms with Crippen LogP contribution in [-0.2, 0) is 7.05 Å². The van der Waals surface area contributed by atoms with Gasteiger partial charge in [0.15, 0.2) is 0 Å². The van der Waals surface area contributed by atoms with Crippen molar-refractivity contribution in [1.29, 1.82) is 5.26 Å². The molecule has 0 amide bonds. The van der Waals surface area contributed by atoms with Gasteiger partial charge in [-0.25, -0.2) is 4.68 Å². The van der Waals surface area contributed by atoms with E-state index in [1.165, 1.54) is 10.7 Å². The highest BCUT2D eigenvalue weighted by atomic mass is 16.5. The molecule has 0 saturated heterocycles. The minimum absolute atomic E-state index is 0.275. The molecule has 1 aromatic heterocycles. The largest absolute Gasteiger partial charge is 0.496 e. The maximum absolute atomic E-state index is 11.5. The van der Waals surface area contributed by atoms with E-state index in [1.807, 2.05) is 32.0 Å². The Labute approximate surface area is 117 Å². The molecule has 0 aliphatic rings. The van der Waals surface area contributed by atoms with E-state index in [1.54, 1.807) is 14.2 Å². The van der Waals surface area contributed by atoms with E-state index in [-0.39, 0.29) is 11.1 Å². The van der Waals surface area contributed by atoms with E-state index in [0.717, 1.165) is 22.4 Å². The quantitative estimate of drug-likeness (QED) is 0.835. The number of rotatable bonds is 2. The number of hydrogen-bond donors (Lipinski definition) is 0. The highest BCUT2D eigenvalue weighted by molar-refractivity contribution is 5.69. The normalized spacial score (nSPS) is 10.2. The predicted molar refractivity (Wildman–Crippen MR) is 75.7 cm³/mol. The number of nitriles is 1. The van der Waals surface area contributed by atoms with Crippen molar-refractivity contribution < 1.29 is 4.74 Å². The Morgan fingerprint density at radius 1 is 1.25 bits per heavy atom. The first-order chi connectivity index (χ1) is 9.47. The highest BCUT2D eigenvalue weighted by Gasteiger charge is 2.13. The van der Waals surface area contributed by atoms with E-state index < -0.39 is 0 Å². The lowest BCUT2D eigenvalue weighted by Crippen LogP contribution is -2.20. The Hall–Kier alpha value is -2.61. The lowest BCUT2D eigenvalue weighted by atomic mass is 10.0. The summed E-state index contributed by atoms with van der Waals surface area (Å²) in [4.78, 5) is 11.5. The topological polar surface area (TPSA) is 67.9 Å². The third-order valence-electron chi connectivity index (χ3n) is 3.15. The molecule has 0 saturated carbocycles. The monoisotopic (exact) mass is 269 g/mol. The number of nitrogens with zero attached hydrogens (tertiary/aromatic N) is 3. The van der Waals surface area contributed by atoms with Gasteiger partial charge in [0.1, 0.15) is 17.5 Å². The van der Waals surface area contributed by atoms with E-state index in [4.69, 9.17) is 4.74 Å². The Bertz CT molecular complexity index is 747. The van der Waals surface area contributed by atoms with Crippen molar-refractivity contribution in [2.24, 2.45) is 7.05 Å². The first-order valence-corrected chi connectivity index (χ1v) is 6.12. The average Bonchev–Trinajstić information content (AvgIpc) is 2.41. The Morgan fingerprint density at radius 2 is 1.85 bits per heavy atom. The molecular formula is C15H15N3O2. The molecule has 0 aliphatic heterocycles. The summed E-state index contributed by atoms with van der Waals surface area (Å²) in [6.07, 6.45) is 0. The lowest BCUT2D eigenvalue weighted by molar-refractivity contribution is 0.408. The van der Waals surface area contributed by atoms with Crippen LogP contribution in [0.15, 0.2) is 23.0 Å². The number of aromatic nitrogens is 2. The van der Waals surface area contributed by atoms with Crippen LogP contribution < -0.4 is 10.3 Å². The van der Waals surface area contributed by atoms with Gasteiger partial charge in [0.2, 0.25) is 0 Å². The SMILES string of the molecule is COc1c(C)cc(-c2nn(C)c(=O)cc2C#N)cc1C. The minimum atomic E-state index is -0.299. The zero-order chi connectivity index (χ0) is 14.9. The number of methoxy groups -OCH3 is 1. The maximum atomic E-state index is 11.5. The smallest absolute Gasteiger partial charge is 0.267 e. The number of ether oxygens (including phenoxy) is 1. The summed E-state index contributed by atoms with van der Waals surface area (Å²) in [7, 11) is 3.19. The van der Waals surface area contributed by atoms with E-state index >= 15 is 0 Å². The fourth-order valence-corrected chi connectivity index (χ4v) is 2.25. The minimum Gasteiger partial charge on any atom is -0.496 e. The molecule has 0 aliphatic carbocycles. The second-order valence-electron chi connectivity index (χ2n) is 4.62. The molecule has 1 heterocycles. The van der Waals surface area contributed by atoms with Crippen molar-refractivity contribution in [3.05, 3.63) is 45.2 Å². The predicted octanol–water partition coefficient (Wildman–Crippen LogP) is 1.94. The van der Waals surface area contributed by atoms with Gasteiger partial charge >= 0.3 is 0 Å². The molecule has 0 unspecified atom stereocenters. The molecule has 0 radical (unpaired) electrons.